The fraction of sp³-hybridized carbons (Fsp3) is 0.350. The van der Waals surface area contributed by atoms with Crippen molar-refractivity contribution in [3.63, 3.8) is 0 Å². The molecule has 1 N–H and O–H groups in total. The molecule has 0 bridgehead atoms. The van der Waals surface area contributed by atoms with E-state index in [2.05, 4.69) is 5.32 Å². The number of carbonyl (C=O) groups is 1. The topological polar surface area (TPSA) is 75.7 Å². The molecule has 0 unspecified atom stereocenters. The van der Waals surface area contributed by atoms with Gasteiger partial charge >= 0.3 is 0 Å². The summed E-state index contributed by atoms with van der Waals surface area (Å²) < 4.78 is 30.8. The number of rotatable bonds is 10. The number of amides is 1. The van der Waals surface area contributed by atoms with Crippen molar-refractivity contribution in [2.45, 2.75) is 22.8 Å². The lowest BCUT2D eigenvalue weighted by atomic mass is 10.2. The van der Waals surface area contributed by atoms with Crippen molar-refractivity contribution in [3.05, 3.63) is 60.2 Å². The summed E-state index contributed by atoms with van der Waals surface area (Å²) in [6.45, 7) is 2.57. The smallest absolute Gasteiger partial charge is 0.242 e. The molecule has 1 amide bonds. The Kier molecular flexibility index (Phi) is 8.35. The van der Waals surface area contributed by atoms with Crippen LogP contribution >= 0.6 is 11.8 Å². The van der Waals surface area contributed by atoms with Crippen molar-refractivity contribution in [1.82, 2.24) is 9.62 Å². The molecule has 8 heteroatoms. The van der Waals surface area contributed by atoms with Crippen LogP contribution in [0.3, 0.4) is 0 Å². The van der Waals surface area contributed by atoms with E-state index < -0.39 is 10.0 Å². The molecule has 2 rings (SSSR count). The SMILES string of the molecule is C[C@@H](SCc1ccccc1)C(=O)NCCOc1ccc(S(=O)(=O)N(C)C)cc1. The predicted molar refractivity (Wildman–Crippen MR) is 113 cm³/mol. The molecule has 0 aliphatic rings. The second-order valence-corrected chi connectivity index (χ2v) is 9.82. The Morgan fingerprint density at radius 3 is 2.36 bits per heavy atom. The summed E-state index contributed by atoms with van der Waals surface area (Å²) >= 11 is 1.58. The molecule has 0 aromatic heterocycles. The first-order valence-corrected chi connectivity index (χ1v) is 11.4. The molecule has 0 heterocycles. The Morgan fingerprint density at radius 2 is 1.75 bits per heavy atom. The van der Waals surface area contributed by atoms with Gasteiger partial charge < -0.3 is 10.1 Å². The van der Waals surface area contributed by atoms with Crippen molar-refractivity contribution >= 4 is 27.7 Å². The van der Waals surface area contributed by atoms with Crippen LogP contribution in [0, 0.1) is 0 Å². The zero-order valence-corrected chi connectivity index (χ0v) is 17.9. The number of nitrogens with one attached hydrogen (secondary N) is 1. The highest BCUT2D eigenvalue weighted by atomic mass is 32.2. The lowest BCUT2D eigenvalue weighted by Crippen LogP contribution is -2.34. The summed E-state index contributed by atoms with van der Waals surface area (Å²) in [6.07, 6.45) is 0. The third-order valence-electron chi connectivity index (χ3n) is 3.98. The second-order valence-electron chi connectivity index (χ2n) is 6.34. The van der Waals surface area contributed by atoms with Crippen LogP contribution < -0.4 is 10.1 Å². The summed E-state index contributed by atoms with van der Waals surface area (Å²) in [5, 5.41) is 2.70. The summed E-state index contributed by atoms with van der Waals surface area (Å²) in [7, 11) is -0.471. The van der Waals surface area contributed by atoms with Gasteiger partial charge in [0.05, 0.1) is 16.7 Å². The second kappa shape index (κ2) is 10.5. The molecule has 0 fully saturated rings. The van der Waals surface area contributed by atoms with Crippen LogP contribution in [0.25, 0.3) is 0 Å². The molecule has 0 aliphatic carbocycles. The molecule has 152 valence electrons. The first-order chi connectivity index (χ1) is 13.3. The maximum Gasteiger partial charge on any atom is 0.242 e. The van der Waals surface area contributed by atoms with Gasteiger partial charge in [0.25, 0.3) is 0 Å². The van der Waals surface area contributed by atoms with Crippen LogP contribution in [0.2, 0.25) is 0 Å². The van der Waals surface area contributed by atoms with Crippen molar-refractivity contribution in [2.75, 3.05) is 27.2 Å². The molecule has 2 aromatic carbocycles. The third kappa shape index (κ3) is 6.54. The molecule has 28 heavy (non-hydrogen) atoms. The molecule has 6 nitrogen and oxygen atoms in total. The normalized spacial score (nSPS) is 12.6. The van der Waals surface area contributed by atoms with E-state index in [1.165, 1.54) is 31.8 Å². The van der Waals surface area contributed by atoms with Crippen LogP contribution in [-0.2, 0) is 20.6 Å². The van der Waals surface area contributed by atoms with Gasteiger partial charge in [-0.05, 0) is 36.8 Å². The number of hydrogen-bond donors (Lipinski definition) is 1. The summed E-state index contributed by atoms with van der Waals surface area (Å²) in [5.74, 6) is 1.31. The highest BCUT2D eigenvalue weighted by Gasteiger charge is 2.16. The van der Waals surface area contributed by atoms with Crippen LogP contribution in [-0.4, -0.2) is 51.1 Å². The number of thioether (sulfide) groups is 1. The van der Waals surface area contributed by atoms with E-state index >= 15 is 0 Å². The van der Waals surface area contributed by atoms with Crippen LogP contribution in [0.5, 0.6) is 5.75 Å². The largest absolute Gasteiger partial charge is 0.492 e. The summed E-state index contributed by atoms with van der Waals surface area (Å²) in [5.41, 5.74) is 1.19. The zero-order valence-electron chi connectivity index (χ0n) is 16.3. The van der Waals surface area contributed by atoms with Crippen molar-refractivity contribution in [2.24, 2.45) is 0 Å². The minimum atomic E-state index is -3.45. The fourth-order valence-electron chi connectivity index (χ4n) is 2.28. The number of nitrogens with zero attached hydrogens (tertiary/aromatic N) is 1. The van der Waals surface area contributed by atoms with Gasteiger partial charge in [-0.25, -0.2) is 12.7 Å². The first-order valence-electron chi connectivity index (χ1n) is 8.89. The maximum atomic E-state index is 12.1. The van der Waals surface area contributed by atoms with E-state index in [1.54, 1.807) is 23.9 Å². The number of carbonyl (C=O) groups excluding carboxylic acids is 1. The van der Waals surface area contributed by atoms with Gasteiger partial charge in [0.1, 0.15) is 12.4 Å². The highest BCUT2D eigenvalue weighted by Crippen LogP contribution is 2.19. The number of hydrogen-bond acceptors (Lipinski definition) is 5. The van der Waals surface area contributed by atoms with Gasteiger partial charge in [-0.3, -0.25) is 4.79 Å². The number of benzene rings is 2. The molecular formula is C20H26N2O4S2. The van der Waals surface area contributed by atoms with Crippen molar-refractivity contribution in [3.8, 4) is 5.75 Å². The molecule has 1 atom stereocenters. The molecule has 2 aromatic rings. The molecule has 0 saturated carbocycles. The van der Waals surface area contributed by atoms with E-state index in [0.29, 0.717) is 18.9 Å². The van der Waals surface area contributed by atoms with E-state index in [4.69, 9.17) is 4.74 Å². The molecule has 0 radical (unpaired) electrons. The summed E-state index contributed by atoms with van der Waals surface area (Å²) in [6, 6.07) is 16.3. The quantitative estimate of drug-likeness (QED) is 0.596. The third-order valence-corrected chi connectivity index (χ3v) is 7.03. The van der Waals surface area contributed by atoms with E-state index in [-0.39, 0.29) is 16.1 Å². The average Bonchev–Trinajstić information content (AvgIpc) is 2.70. The van der Waals surface area contributed by atoms with Gasteiger partial charge in [0.15, 0.2) is 0 Å². The maximum absolute atomic E-state index is 12.1. The number of ether oxygens (including phenoxy) is 1. The minimum absolute atomic E-state index is 0.0306. The van der Waals surface area contributed by atoms with Crippen molar-refractivity contribution in [1.29, 1.82) is 0 Å². The van der Waals surface area contributed by atoms with E-state index in [0.717, 1.165) is 10.1 Å². The Labute approximate surface area is 171 Å². The van der Waals surface area contributed by atoms with E-state index in [1.807, 2.05) is 37.3 Å². The van der Waals surface area contributed by atoms with Crippen molar-refractivity contribution < 1.29 is 17.9 Å². The van der Waals surface area contributed by atoms with Gasteiger partial charge in [-0.2, -0.15) is 0 Å². The van der Waals surface area contributed by atoms with Gasteiger partial charge in [0.2, 0.25) is 15.9 Å². The molecule has 0 aliphatic heterocycles. The van der Waals surface area contributed by atoms with Crippen LogP contribution in [0.15, 0.2) is 59.5 Å². The van der Waals surface area contributed by atoms with Gasteiger partial charge in [0, 0.05) is 19.8 Å². The Hall–Kier alpha value is -2.03. The highest BCUT2D eigenvalue weighted by molar-refractivity contribution is 7.99. The standard InChI is InChI=1S/C20H26N2O4S2/c1-16(27-15-17-7-5-4-6-8-17)20(23)21-13-14-26-18-9-11-19(12-10-18)28(24,25)22(2)3/h4-12,16H,13-15H2,1-3H3,(H,21,23)/t16-/m1/s1. The summed E-state index contributed by atoms with van der Waals surface area (Å²) in [4.78, 5) is 12.3. The Bertz CT molecular complexity index is 854. The Balaban J connectivity index is 1.71. The zero-order chi connectivity index (χ0) is 20.6. The fourth-order valence-corrected chi connectivity index (χ4v) is 4.05. The monoisotopic (exact) mass is 422 g/mol. The van der Waals surface area contributed by atoms with Crippen LogP contribution in [0.1, 0.15) is 12.5 Å². The molecular weight excluding hydrogens is 396 g/mol. The van der Waals surface area contributed by atoms with Crippen LogP contribution in [0.4, 0.5) is 0 Å². The average molecular weight is 423 g/mol. The number of sulfonamides is 1. The van der Waals surface area contributed by atoms with E-state index in [9.17, 15) is 13.2 Å². The minimum Gasteiger partial charge on any atom is -0.492 e. The first kappa shape index (κ1) is 22.3. The lowest BCUT2D eigenvalue weighted by molar-refractivity contribution is -0.120. The predicted octanol–water partition coefficient (Wildman–Crippen LogP) is 2.75. The van der Waals surface area contributed by atoms with Gasteiger partial charge in [-0.1, -0.05) is 30.3 Å². The lowest BCUT2D eigenvalue weighted by Gasteiger charge is -2.13. The molecule has 0 spiro atoms. The van der Waals surface area contributed by atoms with Gasteiger partial charge in [-0.15, -0.1) is 11.8 Å². The Morgan fingerprint density at radius 1 is 1.11 bits per heavy atom. The molecule has 0 saturated heterocycles.